The molecule has 0 aliphatic heterocycles. The van der Waals surface area contributed by atoms with E-state index in [-0.39, 0.29) is 0 Å². The number of hydrogen-bond acceptors (Lipinski definition) is 4. The number of nitrogens with zero attached hydrogens (tertiary/aromatic N) is 1. The highest BCUT2D eigenvalue weighted by Crippen LogP contribution is 2.25. The zero-order valence-electron chi connectivity index (χ0n) is 11.9. The van der Waals surface area contributed by atoms with E-state index in [0.29, 0.717) is 6.04 Å². The van der Waals surface area contributed by atoms with Gasteiger partial charge in [-0.2, -0.15) is 0 Å². The van der Waals surface area contributed by atoms with Gasteiger partial charge in [0.15, 0.2) is 0 Å². The predicted molar refractivity (Wildman–Crippen MR) is 79.7 cm³/mol. The molecule has 1 aromatic heterocycles. The van der Waals surface area contributed by atoms with E-state index in [1.54, 1.807) is 11.8 Å². The number of aryl methyl sites for hydroxylation is 3. The SMILES string of the molecule is CNC(CSc1nc(C)c(C)o1)c1ccc(C)cc1. The van der Waals surface area contributed by atoms with Crippen molar-refractivity contribution in [3.8, 4) is 0 Å². The Bertz CT molecular complexity index is 514. The van der Waals surface area contributed by atoms with E-state index in [4.69, 9.17) is 4.42 Å². The van der Waals surface area contributed by atoms with Crippen LogP contribution >= 0.6 is 11.8 Å². The van der Waals surface area contributed by atoms with Crippen LogP contribution in [0.15, 0.2) is 33.9 Å². The van der Waals surface area contributed by atoms with Crippen LogP contribution in [0.5, 0.6) is 0 Å². The molecular formula is C15H20N2OS. The third-order valence-corrected chi connectivity index (χ3v) is 4.13. The first-order valence-corrected chi connectivity index (χ1v) is 7.39. The molecule has 1 N–H and O–H groups in total. The molecule has 2 rings (SSSR count). The Morgan fingerprint density at radius 1 is 1.21 bits per heavy atom. The highest BCUT2D eigenvalue weighted by atomic mass is 32.2. The molecule has 0 spiro atoms. The lowest BCUT2D eigenvalue weighted by molar-refractivity contribution is 0.430. The maximum atomic E-state index is 5.59. The van der Waals surface area contributed by atoms with Gasteiger partial charge < -0.3 is 9.73 Å². The third kappa shape index (κ3) is 3.61. The smallest absolute Gasteiger partial charge is 0.256 e. The van der Waals surface area contributed by atoms with E-state index in [1.807, 2.05) is 20.9 Å². The van der Waals surface area contributed by atoms with Crippen molar-refractivity contribution < 1.29 is 4.42 Å². The topological polar surface area (TPSA) is 38.1 Å². The monoisotopic (exact) mass is 276 g/mol. The first-order chi connectivity index (χ1) is 9.10. The number of nitrogens with one attached hydrogen (secondary N) is 1. The Kier molecular flexibility index (Phi) is 4.66. The fourth-order valence-electron chi connectivity index (χ4n) is 1.80. The average molecular weight is 276 g/mol. The molecule has 1 heterocycles. The van der Waals surface area contributed by atoms with Gasteiger partial charge in [0.1, 0.15) is 5.76 Å². The van der Waals surface area contributed by atoms with Gasteiger partial charge in [0.2, 0.25) is 0 Å². The van der Waals surface area contributed by atoms with E-state index in [9.17, 15) is 0 Å². The van der Waals surface area contributed by atoms with Crippen molar-refractivity contribution in [3.05, 3.63) is 46.8 Å². The zero-order valence-corrected chi connectivity index (χ0v) is 12.7. The van der Waals surface area contributed by atoms with E-state index >= 15 is 0 Å². The van der Waals surface area contributed by atoms with Gasteiger partial charge in [-0.15, -0.1) is 0 Å². The van der Waals surface area contributed by atoms with Crippen LogP contribution in [-0.2, 0) is 0 Å². The second-order valence-corrected chi connectivity index (χ2v) is 5.66. The summed E-state index contributed by atoms with van der Waals surface area (Å²) in [5.41, 5.74) is 3.55. The molecule has 1 unspecified atom stereocenters. The van der Waals surface area contributed by atoms with Crippen molar-refractivity contribution in [2.75, 3.05) is 12.8 Å². The lowest BCUT2D eigenvalue weighted by Crippen LogP contribution is -2.18. The summed E-state index contributed by atoms with van der Waals surface area (Å²) in [6.45, 7) is 6.02. The van der Waals surface area contributed by atoms with Crippen molar-refractivity contribution in [2.24, 2.45) is 0 Å². The van der Waals surface area contributed by atoms with Gasteiger partial charge >= 0.3 is 0 Å². The summed E-state index contributed by atoms with van der Waals surface area (Å²) >= 11 is 1.65. The van der Waals surface area contributed by atoms with Crippen molar-refractivity contribution in [1.82, 2.24) is 10.3 Å². The summed E-state index contributed by atoms with van der Waals surface area (Å²) in [4.78, 5) is 4.39. The molecule has 3 nitrogen and oxygen atoms in total. The number of thioether (sulfide) groups is 1. The van der Waals surface area contributed by atoms with Crippen LogP contribution in [0, 0.1) is 20.8 Å². The van der Waals surface area contributed by atoms with E-state index in [2.05, 4.69) is 41.5 Å². The van der Waals surface area contributed by atoms with Crippen LogP contribution in [-0.4, -0.2) is 17.8 Å². The number of benzene rings is 1. The first kappa shape index (κ1) is 14.2. The minimum Gasteiger partial charge on any atom is -0.437 e. The molecule has 19 heavy (non-hydrogen) atoms. The summed E-state index contributed by atoms with van der Waals surface area (Å²) in [5.74, 6) is 1.80. The lowest BCUT2D eigenvalue weighted by atomic mass is 10.1. The summed E-state index contributed by atoms with van der Waals surface area (Å²) in [6.07, 6.45) is 0. The summed E-state index contributed by atoms with van der Waals surface area (Å²) in [5, 5.41) is 4.09. The normalized spacial score (nSPS) is 12.6. The Morgan fingerprint density at radius 3 is 2.42 bits per heavy atom. The molecule has 102 valence electrons. The third-order valence-electron chi connectivity index (χ3n) is 3.21. The molecule has 0 aliphatic carbocycles. The summed E-state index contributed by atoms with van der Waals surface area (Å²) in [6, 6.07) is 8.93. The van der Waals surface area contributed by atoms with Gasteiger partial charge in [0, 0.05) is 11.8 Å². The van der Waals surface area contributed by atoms with Crippen LogP contribution in [0.1, 0.15) is 28.6 Å². The predicted octanol–water partition coefficient (Wildman–Crippen LogP) is 3.65. The molecule has 1 atom stereocenters. The highest BCUT2D eigenvalue weighted by molar-refractivity contribution is 7.99. The zero-order chi connectivity index (χ0) is 13.8. The molecule has 2 aromatic rings. The van der Waals surface area contributed by atoms with E-state index in [0.717, 1.165) is 22.4 Å². The maximum Gasteiger partial charge on any atom is 0.256 e. The molecule has 0 bridgehead atoms. The van der Waals surface area contributed by atoms with Gasteiger partial charge in [-0.05, 0) is 33.4 Å². The van der Waals surface area contributed by atoms with Crippen molar-refractivity contribution in [3.63, 3.8) is 0 Å². The summed E-state index contributed by atoms with van der Waals surface area (Å²) < 4.78 is 5.59. The van der Waals surface area contributed by atoms with Crippen LogP contribution in [0.3, 0.4) is 0 Å². The van der Waals surface area contributed by atoms with Crippen molar-refractivity contribution in [1.29, 1.82) is 0 Å². The van der Waals surface area contributed by atoms with Gasteiger partial charge in [-0.25, -0.2) is 4.98 Å². The Hall–Kier alpha value is -1.26. The highest BCUT2D eigenvalue weighted by Gasteiger charge is 2.12. The van der Waals surface area contributed by atoms with E-state index < -0.39 is 0 Å². The average Bonchev–Trinajstić information content (AvgIpc) is 2.71. The van der Waals surface area contributed by atoms with Crippen LogP contribution < -0.4 is 5.32 Å². The minimum absolute atomic E-state index is 0.304. The summed E-state index contributed by atoms with van der Waals surface area (Å²) in [7, 11) is 1.98. The van der Waals surface area contributed by atoms with Crippen molar-refractivity contribution in [2.45, 2.75) is 32.0 Å². The molecular weight excluding hydrogens is 256 g/mol. The molecule has 0 radical (unpaired) electrons. The Balaban J connectivity index is 2.01. The van der Waals surface area contributed by atoms with Crippen molar-refractivity contribution >= 4 is 11.8 Å². The van der Waals surface area contributed by atoms with Crippen LogP contribution in [0.2, 0.25) is 0 Å². The Morgan fingerprint density at radius 2 is 1.89 bits per heavy atom. The van der Waals surface area contributed by atoms with Gasteiger partial charge in [0.25, 0.3) is 5.22 Å². The first-order valence-electron chi connectivity index (χ1n) is 6.41. The fourth-order valence-corrected chi connectivity index (χ4v) is 2.86. The maximum absolute atomic E-state index is 5.59. The molecule has 0 saturated heterocycles. The standard InChI is InChI=1S/C15H20N2OS/c1-10-5-7-13(8-6-10)14(16-4)9-19-15-17-11(2)12(3)18-15/h5-8,14,16H,9H2,1-4H3. The van der Waals surface area contributed by atoms with Gasteiger partial charge in [-0.1, -0.05) is 41.6 Å². The molecule has 0 aliphatic rings. The molecule has 0 saturated carbocycles. The number of hydrogen-bond donors (Lipinski definition) is 1. The van der Waals surface area contributed by atoms with Crippen LogP contribution in [0.4, 0.5) is 0 Å². The van der Waals surface area contributed by atoms with Gasteiger partial charge in [-0.3, -0.25) is 0 Å². The lowest BCUT2D eigenvalue weighted by Gasteiger charge is -2.15. The van der Waals surface area contributed by atoms with E-state index in [1.165, 1.54) is 11.1 Å². The fraction of sp³-hybridized carbons (Fsp3) is 0.400. The number of aromatic nitrogens is 1. The molecule has 0 fully saturated rings. The minimum atomic E-state index is 0.304. The van der Waals surface area contributed by atoms with Gasteiger partial charge in [0.05, 0.1) is 5.69 Å². The quantitative estimate of drug-likeness (QED) is 0.846. The number of oxazole rings is 1. The second kappa shape index (κ2) is 6.26. The Labute approximate surface area is 118 Å². The molecule has 0 amide bonds. The molecule has 1 aromatic carbocycles. The molecule has 4 heteroatoms. The van der Waals surface area contributed by atoms with Crippen LogP contribution in [0.25, 0.3) is 0 Å². The largest absolute Gasteiger partial charge is 0.437 e. The number of rotatable bonds is 5. The second-order valence-electron chi connectivity index (χ2n) is 4.68.